The lowest BCUT2D eigenvalue weighted by molar-refractivity contribution is 0.324. The molecule has 0 aliphatic heterocycles. The van der Waals surface area contributed by atoms with E-state index in [9.17, 15) is 0 Å². The average Bonchev–Trinajstić information content (AvgIpc) is 2.34. The minimum Gasteiger partial charge on any atom is -0.370 e. The number of aryl methyl sites for hydroxylation is 1. The fourth-order valence-electron chi connectivity index (χ4n) is 1.71. The Morgan fingerprint density at radius 2 is 1.94 bits per heavy atom. The van der Waals surface area contributed by atoms with Crippen molar-refractivity contribution in [2.45, 2.75) is 32.7 Å². The molecule has 0 saturated carbocycles. The molecule has 1 aromatic rings. The van der Waals surface area contributed by atoms with Gasteiger partial charge in [-0.2, -0.15) is 0 Å². The lowest BCUT2D eigenvalue weighted by atomic mass is 10.5. The van der Waals surface area contributed by atoms with Crippen LogP contribution >= 0.6 is 11.8 Å². The van der Waals surface area contributed by atoms with Crippen LogP contribution in [0.2, 0.25) is 0 Å². The topological polar surface area (TPSA) is 41.0 Å². The fraction of sp³-hybridized carbons (Fsp3) is 0.692. The third-order valence-electron chi connectivity index (χ3n) is 2.72. The van der Waals surface area contributed by atoms with Gasteiger partial charge in [-0.1, -0.05) is 13.8 Å². The first-order valence-electron chi connectivity index (χ1n) is 6.64. The maximum absolute atomic E-state index is 4.46. The molecule has 0 aliphatic rings. The molecule has 1 rings (SSSR count). The summed E-state index contributed by atoms with van der Waals surface area (Å²) in [5, 5.41) is 4.30. The quantitative estimate of drug-likeness (QED) is 0.580. The molecule has 1 N–H and O–H groups in total. The monoisotopic (exact) mass is 268 g/mol. The van der Waals surface area contributed by atoms with E-state index in [2.05, 4.69) is 41.0 Å². The lowest BCUT2D eigenvalue weighted by Crippen LogP contribution is -2.25. The summed E-state index contributed by atoms with van der Waals surface area (Å²) >= 11 is 1.80. The van der Waals surface area contributed by atoms with E-state index in [1.807, 2.05) is 13.0 Å². The summed E-state index contributed by atoms with van der Waals surface area (Å²) in [4.78, 5) is 11.2. The van der Waals surface area contributed by atoms with Crippen molar-refractivity contribution in [1.29, 1.82) is 0 Å². The maximum atomic E-state index is 4.46. The molecule has 0 radical (unpaired) electrons. The van der Waals surface area contributed by atoms with Crippen molar-refractivity contribution < 1.29 is 0 Å². The van der Waals surface area contributed by atoms with E-state index in [1.54, 1.807) is 11.8 Å². The highest BCUT2D eigenvalue weighted by Gasteiger charge is 2.03. The molecular weight excluding hydrogens is 244 g/mol. The van der Waals surface area contributed by atoms with Crippen LogP contribution in [0, 0.1) is 6.92 Å². The summed E-state index contributed by atoms with van der Waals surface area (Å²) < 4.78 is 0. The third-order valence-corrected chi connectivity index (χ3v) is 3.62. The molecule has 0 aromatic carbocycles. The molecule has 18 heavy (non-hydrogen) atoms. The van der Waals surface area contributed by atoms with Gasteiger partial charge in [-0.15, -0.1) is 11.8 Å². The van der Waals surface area contributed by atoms with E-state index in [-0.39, 0.29) is 0 Å². The number of aromatic nitrogens is 2. The average molecular weight is 268 g/mol. The number of nitrogens with zero attached hydrogens (tertiary/aromatic N) is 3. The smallest absolute Gasteiger partial charge is 0.130 e. The highest BCUT2D eigenvalue weighted by molar-refractivity contribution is 7.99. The van der Waals surface area contributed by atoms with E-state index in [4.69, 9.17) is 0 Å². The van der Waals surface area contributed by atoms with Gasteiger partial charge in [0, 0.05) is 24.9 Å². The van der Waals surface area contributed by atoms with Crippen molar-refractivity contribution in [3.8, 4) is 0 Å². The Labute approximate surface area is 115 Å². The van der Waals surface area contributed by atoms with E-state index in [0.29, 0.717) is 0 Å². The Kier molecular flexibility index (Phi) is 7.05. The predicted octanol–water partition coefficient (Wildman–Crippen LogP) is 2.65. The Morgan fingerprint density at radius 3 is 2.56 bits per heavy atom. The van der Waals surface area contributed by atoms with Gasteiger partial charge in [-0.05, 0) is 26.9 Å². The number of nitrogens with one attached hydrogen (secondary N) is 1. The van der Waals surface area contributed by atoms with Crippen LogP contribution in [0.5, 0.6) is 0 Å². The zero-order chi connectivity index (χ0) is 13.4. The Bertz CT molecular complexity index is 353. The van der Waals surface area contributed by atoms with Crippen LogP contribution < -0.4 is 5.32 Å². The molecular formula is C13H24N4S. The molecule has 0 unspecified atom stereocenters. The SMILES string of the molecule is CCNc1cc(SCCN(CC)CC)nc(C)n1. The molecule has 0 spiro atoms. The second kappa shape index (κ2) is 8.32. The van der Waals surface area contributed by atoms with Gasteiger partial charge in [0.05, 0.1) is 0 Å². The third kappa shape index (κ3) is 5.23. The van der Waals surface area contributed by atoms with Crippen LogP contribution in [0.4, 0.5) is 5.82 Å². The number of rotatable bonds is 8. The van der Waals surface area contributed by atoms with Crippen LogP contribution in [-0.2, 0) is 0 Å². The molecule has 0 bridgehead atoms. The second-order valence-corrected chi connectivity index (χ2v) is 5.16. The van der Waals surface area contributed by atoms with E-state index in [0.717, 1.165) is 48.6 Å². The molecule has 0 saturated heterocycles. The fourth-order valence-corrected chi connectivity index (χ4v) is 2.66. The zero-order valence-electron chi connectivity index (χ0n) is 11.9. The molecule has 0 amide bonds. The molecule has 1 heterocycles. The molecule has 0 aliphatic carbocycles. The summed E-state index contributed by atoms with van der Waals surface area (Å²) in [5.74, 6) is 2.83. The van der Waals surface area contributed by atoms with Gasteiger partial charge in [0.15, 0.2) is 0 Å². The van der Waals surface area contributed by atoms with Crippen molar-refractivity contribution in [2.75, 3.05) is 37.2 Å². The zero-order valence-corrected chi connectivity index (χ0v) is 12.7. The first kappa shape index (κ1) is 15.2. The van der Waals surface area contributed by atoms with Crippen LogP contribution in [0.1, 0.15) is 26.6 Å². The Morgan fingerprint density at radius 1 is 1.22 bits per heavy atom. The first-order chi connectivity index (χ1) is 8.69. The van der Waals surface area contributed by atoms with E-state index in [1.165, 1.54) is 0 Å². The summed E-state index contributed by atoms with van der Waals surface area (Å²) in [6.07, 6.45) is 0. The normalized spacial score (nSPS) is 10.9. The molecule has 4 nitrogen and oxygen atoms in total. The largest absolute Gasteiger partial charge is 0.370 e. The summed E-state index contributed by atoms with van der Waals surface area (Å²) in [5.41, 5.74) is 0. The lowest BCUT2D eigenvalue weighted by Gasteiger charge is -2.17. The molecule has 102 valence electrons. The van der Waals surface area contributed by atoms with Crippen molar-refractivity contribution >= 4 is 17.6 Å². The predicted molar refractivity (Wildman–Crippen MR) is 79.4 cm³/mol. The number of anilines is 1. The minimum atomic E-state index is 0.832. The number of thioether (sulfide) groups is 1. The molecule has 5 heteroatoms. The number of hydrogen-bond donors (Lipinski definition) is 1. The molecule has 1 aromatic heterocycles. The van der Waals surface area contributed by atoms with Gasteiger partial charge in [0.2, 0.25) is 0 Å². The van der Waals surface area contributed by atoms with Crippen LogP contribution in [0.3, 0.4) is 0 Å². The van der Waals surface area contributed by atoms with E-state index >= 15 is 0 Å². The summed E-state index contributed by atoms with van der Waals surface area (Å²) in [6, 6.07) is 2.03. The van der Waals surface area contributed by atoms with Crippen LogP contribution in [0.15, 0.2) is 11.1 Å². The summed E-state index contributed by atoms with van der Waals surface area (Å²) in [6.45, 7) is 12.6. The van der Waals surface area contributed by atoms with Gasteiger partial charge in [0.1, 0.15) is 16.7 Å². The van der Waals surface area contributed by atoms with Crippen LogP contribution in [0.25, 0.3) is 0 Å². The van der Waals surface area contributed by atoms with E-state index < -0.39 is 0 Å². The molecule has 0 fully saturated rings. The molecule has 0 atom stereocenters. The number of hydrogen-bond acceptors (Lipinski definition) is 5. The Hall–Kier alpha value is -0.810. The van der Waals surface area contributed by atoms with Gasteiger partial charge >= 0.3 is 0 Å². The van der Waals surface area contributed by atoms with Gasteiger partial charge in [-0.25, -0.2) is 9.97 Å². The highest BCUT2D eigenvalue weighted by Crippen LogP contribution is 2.18. The van der Waals surface area contributed by atoms with Gasteiger partial charge in [-0.3, -0.25) is 0 Å². The van der Waals surface area contributed by atoms with Gasteiger partial charge in [0.25, 0.3) is 0 Å². The van der Waals surface area contributed by atoms with Crippen molar-refractivity contribution in [1.82, 2.24) is 14.9 Å². The van der Waals surface area contributed by atoms with Gasteiger partial charge < -0.3 is 10.2 Å². The highest BCUT2D eigenvalue weighted by atomic mass is 32.2. The standard InChI is InChI=1S/C13H24N4S/c1-5-14-12-10-13(16-11(4)15-12)18-9-8-17(6-2)7-3/h10H,5-9H2,1-4H3,(H,14,15,16). The van der Waals surface area contributed by atoms with Crippen LogP contribution in [-0.4, -0.2) is 46.8 Å². The van der Waals surface area contributed by atoms with Crippen molar-refractivity contribution in [3.63, 3.8) is 0 Å². The van der Waals surface area contributed by atoms with Crippen molar-refractivity contribution in [3.05, 3.63) is 11.9 Å². The van der Waals surface area contributed by atoms with Crippen molar-refractivity contribution in [2.24, 2.45) is 0 Å². The summed E-state index contributed by atoms with van der Waals surface area (Å²) in [7, 11) is 0. The minimum absolute atomic E-state index is 0.832. The Balaban J connectivity index is 2.51. The maximum Gasteiger partial charge on any atom is 0.130 e. The first-order valence-corrected chi connectivity index (χ1v) is 7.62. The second-order valence-electron chi connectivity index (χ2n) is 4.04.